The summed E-state index contributed by atoms with van der Waals surface area (Å²) in [4.78, 5) is 2.30. The Morgan fingerprint density at radius 3 is 1.89 bits per heavy atom. The molecule has 7 aromatic carbocycles. The SMILES string of the molecule is C=C/C=C\C(=C/C)N(c1ccccc1)c1ccc2c(c1)c1c3oc4c(ccc5c4c4cc(C=C)ccc4n5C(/C=C(\C=C\C=C\C=C)c4ccccc4)=C/C=C)c3ccc1n2C1=C/C(c2ccccc2)=C\C=C/C=C\C=C\C=C\1. The van der Waals surface area contributed by atoms with E-state index in [0.717, 1.165) is 122 Å². The molecule has 0 atom stereocenters. The van der Waals surface area contributed by atoms with Crippen molar-refractivity contribution in [2.24, 2.45) is 0 Å². The number of hydrogen-bond donors (Lipinski definition) is 0. The average molecular weight is 1020 g/mol. The molecule has 0 amide bonds. The molecule has 0 bridgehead atoms. The fraction of sp³-hybridized carbons (Fsp3) is 0.0133. The van der Waals surface area contributed by atoms with E-state index in [1.165, 1.54) is 0 Å². The summed E-state index contributed by atoms with van der Waals surface area (Å²) < 4.78 is 12.3. The van der Waals surface area contributed by atoms with Crippen LogP contribution < -0.4 is 4.90 Å². The third-order valence-electron chi connectivity index (χ3n) is 14.2. The number of fused-ring (bicyclic) bond motifs is 11. The number of benzene rings is 7. The van der Waals surface area contributed by atoms with Gasteiger partial charge in [-0.05, 0) is 132 Å². The molecule has 3 heterocycles. The zero-order valence-electron chi connectivity index (χ0n) is 44.3. The van der Waals surface area contributed by atoms with E-state index >= 15 is 0 Å². The largest absolute Gasteiger partial charge is 0.455 e. The van der Waals surface area contributed by atoms with Crippen LogP contribution in [0.5, 0.6) is 0 Å². The Labute approximate surface area is 462 Å². The second-order valence-electron chi connectivity index (χ2n) is 19.0. The number of allylic oxidation sites excluding steroid dienone is 26. The van der Waals surface area contributed by atoms with Gasteiger partial charge in [-0.1, -0.05) is 221 Å². The molecular formula is C75H59N3O. The molecular weight excluding hydrogens is 959 g/mol. The molecule has 1 aliphatic carbocycles. The number of anilines is 2. The second kappa shape index (κ2) is 23.2. The van der Waals surface area contributed by atoms with Gasteiger partial charge in [-0.2, -0.15) is 0 Å². The van der Waals surface area contributed by atoms with Gasteiger partial charge in [-0.15, -0.1) is 0 Å². The fourth-order valence-corrected chi connectivity index (χ4v) is 10.7. The van der Waals surface area contributed by atoms with Gasteiger partial charge in [-0.25, -0.2) is 0 Å². The lowest BCUT2D eigenvalue weighted by atomic mass is 10.0. The first-order valence-electron chi connectivity index (χ1n) is 26.6. The second-order valence-corrected chi connectivity index (χ2v) is 19.0. The summed E-state index contributed by atoms with van der Waals surface area (Å²) >= 11 is 0. The summed E-state index contributed by atoms with van der Waals surface area (Å²) in [7, 11) is 0. The van der Waals surface area contributed by atoms with Crippen molar-refractivity contribution < 1.29 is 4.42 Å². The first kappa shape index (κ1) is 50.7. The summed E-state index contributed by atoms with van der Waals surface area (Å²) in [5.74, 6) is 0. The van der Waals surface area contributed by atoms with E-state index in [0.29, 0.717) is 0 Å². The third kappa shape index (κ3) is 9.99. The zero-order chi connectivity index (χ0) is 54.1. The normalized spacial score (nSPS) is 16.8. The molecule has 0 fully saturated rings. The van der Waals surface area contributed by atoms with Crippen LogP contribution in [0.15, 0.2) is 322 Å². The van der Waals surface area contributed by atoms with Gasteiger partial charge in [0.1, 0.15) is 11.2 Å². The highest BCUT2D eigenvalue weighted by molar-refractivity contribution is 6.30. The van der Waals surface area contributed by atoms with E-state index < -0.39 is 0 Å². The van der Waals surface area contributed by atoms with Crippen molar-refractivity contribution >= 4 is 106 Å². The maximum absolute atomic E-state index is 7.60. The number of hydrogen-bond acceptors (Lipinski definition) is 2. The van der Waals surface area contributed by atoms with Crippen LogP contribution in [-0.4, -0.2) is 9.13 Å². The third-order valence-corrected chi connectivity index (χ3v) is 14.2. The van der Waals surface area contributed by atoms with Gasteiger partial charge < -0.3 is 18.5 Å². The van der Waals surface area contributed by atoms with Gasteiger partial charge in [0, 0.05) is 50.0 Å². The highest BCUT2D eigenvalue weighted by Gasteiger charge is 2.25. The quantitative estimate of drug-likeness (QED) is 0.0957. The number of aromatic nitrogens is 2. The Kier molecular flexibility index (Phi) is 14.9. The first-order chi connectivity index (χ1) is 39.0. The van der Waals surface area contributed by atoms with E-state index in [1.54, 1.807) is 6.08 Å². The van der Waals surface area contributed by atoms with Crippen LogP contribution in [0, 0.1) is 0 Å². The van der Waals surface area contributed by atoms with Gasteiger partial charge in [0.05, 0.1) is 32.8 Å². The zero-order valence-corrected chi connectivity index (χ0v) is 44.3. The van der Waals surface area contributed by atoms with E-state index in [-0.39, 0.29) is 0 Å². The first-order valence-corrected chi connectivity index (χ1v) is 26.6. The van der Waals surface area contributed by atoms with Gasteiger partial charge in [0.15, 0.2) is 0 Å². The molecule has 4 nitrogen and oxygen atoms in total. The maximum atomic E-state index is 7.60. The van der Waals surface area contributed by atoms with Gasteiger partial charge in [-0.3, -0.25) is 0 Å². The van der Waals surface area contributed by atoms with Crippen molar-refractivity contribution in [2.45, 2.75) is 6.92 Å². The smallest absolute Gasteiger partial charge is 0.145 e. The van der Waals surface area contributed by atoms with E-state index in [9.17, 15) is 0 Å². The van der Waals surface area contributed by atoms with Crippen molar-refractivity contribution in [3.63, 3.8) is 0 Å². The molecule has 11 rings (SSSR count). The topological polar surface area (TPSA) is 26.2 Å². The molecule has 4 heteroatoms. The number of para-hydroxylation sites is 1. The minimum atomic E-state index is 0.807. The molecule has 0 unspecified atom stereocenters. The van der Waals surface area contributed by atoms with Crippen LogP contribution in [0.2, 0.25) is 0 Å². The summed E-state index contributed by atoms with van der Waals surface area (Å²) in [6.07, 6.45) is 47.2. The number of rotatable bonds is 15. The predicted octanol–water partition coefficient (Wildman–Crippen LogP) is 20.8. The molecule has 10 aromatic rings. The maximum Gasteiger partial charge on any atom is 0.145 e. The van der Waals surface area contributed by atoms with Crippen molar-refractivity contribution in [3.8, 4) is 0 Å². The summed E-state index contributed by atoms with van der Waals surface area (Å²) in [5.41, 5.74) is 16.0. The van der Waals surface area contributed by atoms with Crippen LogP contribution in [0.4, 0.5) is 11.4 Å². The minimum Gasteiger partial charge on any atom is -0.455 e. The molecule has 3 aromatic heterocycles. The van der Waals surface area contributed by atoms with Gasteiger partial charge >= 0.3 is 0 Å². The number of nitrogens with zero attached hydrogens (tertiary/aromatic N) is 3. The minimum absolute atomic E-state index is 0.807. The Hall–Kier alpha value is -10.4. The molecule has 0 aliphatic heterocycles. The van der Waals surface area contributed by atoms with E-state index in [4.69, 9.17) is 4.42 Å². The van der Waals surface area contributed by atoms with Crippen molar-refractivity contribution in [1.82, 2.24) is 9.13 Å². The fourth-order valence-electron chi connectivity index (χ4n) is 10.7. The molecule has 0 saturated carbocycles. The van der Waals surface area contributed by atoms with Crippen LogP contribution in [0.1, 0.15) is 23.6 Å². The lowest BCUT2D eigenvalue weighted by Gasteiger charge is -2.26. The van der Waals surface area contributed by atoms with Gasteiger partial charge in [0.25, 0.3) is 0 Å². The van der Waals surface area contributed by atoms with Crippen molar-refractivity contribution in [3.05, 3.63) is 334 Å². The predicted molar refractivity (Wildman–Crippen MR) is 344 cm³/mol. The molecule has 0 radical (unpaired) electrons. The van der Waals surface area contributed by atoms with Crippen LogP contribution in [0.25, 0.3) is 94.2 Å². The molecule has 0 spiro atoms. The lowest BCUT2D eigenvalue weighted by molar-refractivity contribution is 0.677. The highest BCUT2D eigenvalue weighted by Crippen LogP contribution is 2.47. The van der Waals surface area contributed by atoms with E-state index in [1.807, 2.05) is 60.8 Å². The molecule has 380 valence electrons. The summed E-state index contributed by atoms with van der Waals surface area (Å²) in [5, 5.41) is 6.17. The lowest BCUT2D eigenvalue weighted by Crippen LogP contribution is -2.15. The Morgan fingerprint density at radius 2 is 1.18 bits per heavy atom. The molecule has 0 saturated heterocycles. The van der Waals surface area contributed by atoms with Crippen molar-refractivity contribution in [1.29, 1.82) is 0 Å². The van der Waals surface area contributed by atoms with E-state index in [2.05, 4.69) is 272 Å². The Bertz CT molecular complexity index is 4410. The summed E-state index contributed by atoms with van der Waals surface area (Å²) in [6.45, 7) is 18.4. The molecule has 0 N–H and O–H groups in total. The Balaban J connectivity index is 1.24. The molecule has 79 heavy (non-hydrogen) atoms. The Morgan fingerprint density at radius 1 is 0.532 bits per heavy atom. The van der Waals surface area contributed by atoms with Crippen LogP contribution in [-0.2, 0) is 0 Å². The number of furan rings is 1. The average Bonchev–Trinajstić information content (AvgIpc) is 3.83. The van der Waals surface area contributed by atoms with Crippen LogP contribution >= 0.6 is 0 Å². The standard InChI is InChI=1S/C75H59N3O/c1-6-11-13-22-36-57(55-32-24-19-25-33-55)51-61(31-8-3)77-68-46-42-54(9-4)50-66(68)72-70(77)48-44-64-65-45-49-71-73(75(65)79-74(64)72)67-53-63(76(59(10-5)38-12-7-2)60-39-29-21-30-40-60)43-47-69(67)78(71)62-41-28-18-16-14-15-17-23-37-58(52-62)56-34-26-20-27-35-56/h6-53H,1-4H2,5H3/b13-11+,15-14-,16-14?,17-15?,18-16+,23-17-,28-18?,36-22+,37-23?,38-12-,41-28+,57-51+,58-37+,58-52?,59-10+,61-31+,62-41?,62-52+. The highest BCUT2D eigenvalue weighted by atomic mass is 16.3. The van der Waals surface area contributed by atoms with Crippen LogP contribution in [0.3, 0.4) is 0 Å². The monoisotopic (exact) mass is 1020 g/mol. The van der Waals surface area contributed by atoms with Crippen molar-refractivity contribution in [2.75, 3.05) is 4.90 Å². The summed E-state index contributed by atoms with van der Waals surface area (Å²) in [6, 6.07) is 53.9. The molecule has 1 aliphatic rings. The van der Waals surface area contributed by atoms with Gasteiger partial charge in [0.2, 0.25) is 0 Å².